The van der Waals surface area contributed by atoms with Crippen LogP contribution < -0.4 is 24.6 Å². The summed E-state index contributed by atoms with van der Waals surface area (Å²) in [4.78, 5) is 16.1. The van der Waals surface area contributed by atoms with Gasteiger partial charge in [-0.1, -0.05) is 12.1 Å². The van der Waals surface area contributed by atoms with E-state index >= 15 is 0 Å². The number of rotatable bonds is 10. The second-order valence-corrected chi connectivity index (χ2v) is 7.35. The standard InChI is InChI=1S/C23H33N3O3/c1-7-28-21-14-11-18(15-22(21)29-8-2)23(27)24-16-20(26(5)6)17-9-12-19(13-10-17)25(3)4/h9-15,20H,7-8,16H2,1-6H3,(H,24,27)/p+1/t20-/m1/s1. The smallest absolute Gasteiger partial charge is 0.251 e. The molecule has 1 amide bonds. The van der Waals surface area contributed by atoms with Crippen molar-refractivity contribution in [2.24, 2.45) is 0 Å². The van der Waals surface area contributed by atoms with Crippen LogP contribution >= 0.6 is 0 Å². The summed E-state index contributed by atoms with van der Waals surface area (Å²) in [5.74, 6) is 1.13. The van der Waals surface area contributed by atoms with Crippen LogP contribution in [0.2, 0.25) is 0 Å². The molecule has 1 atom stereocenters. The second kappa shape index (κ2) is 10.7. The summed E-state index contributed by atoms with van der Waals surface area (Å²) < 4.78 is 11.2. The summed E-state index contributed by atoms with van der Waals surface area (Å²) in [7, 11) is 8.25. The molecule has 0 bridgehead atoms. The highest BCUT2D eigenvalue weighted by atomic mass is 16.5. The maximum atomic E-state index is 12.7. The molecule has 29 heavy (non-hydrogen) atoms. The number of likely N-dealkylation sites (N-methyl/N-ethyl adjacent to an activating group) is 1. The molecule has 6 nitrogen and oxygen atoms in total. The molecule has 2 N–H and O–H groups in total. The molecule has 2 aromatic rings. The Balaban J connectivity index is 2.11. The average molecular weight is 401 g/mol. The first-order valence-corrected chi connectivity index (χ1v) is 10.1. The molecule has 0 heterocycles. The molecule has 0 aliphatic carbocycles. The van der Waals surface area contributed by atoms with Crippen LogP contribution in [0.25, 0.3) is 0 Å². The molecule has 2 aromatic carbocycles. The van der Waals surface area contributed by atoms with Crippen molar-refractivity contribution in [3.63, 3.8) is 0 Å². The van der Waals surface area contributed by atoms with Gasteiger partial charge in [0, 0.05) is 30.9 Å². The maximum Gasteiger partial charge on any atom is 0.251 e. The van der Waals surface area contributed by atoms with Crippen molar-refractivity contribution in [1.29, 1.82) is 0 Å². The number of carbonyl (C=O) groups is 1. The van der Waals surface area contributed by atoms with Crippen LogP contribution in [0.4, 0.5) is 5.69 Å². The minimum Gasteiger partial charge on any atom is -0.490 e. The Labute approximate surface area is 174 Å². The zero-order valence-electron chi connectivity index (χ0n) is 18.4. The van der Waals surface area contributed by atoms with E-state index in [0.29, 0.717) is 36.8 Å². The lowest BCUT2D eigenvalue weighted by Crippen LogP contribution is -3.07. The van der Waals surface area contributed by atoms with E-state index in [1.54, 1.807) is 18.2 Å². The van der Waals surface area contributed by atoms with Crippen LogP contribution in [0.15, 0.2) is 42.5 Å². The van der Waals surface area contributed by atoms with Crippen molar-refractivity contribution >= 4 is 11.6 Å². The van der Waals surface area contributed by atoms with Gasteiger partial charge in [-0.2, -0.15) is 0 Å². The van der Waals surface area contributed by atoms with Crippen LogP contribution in [0.1, 0.15) is 35.8 Å². The van der Waals surface area contributed by atoms with Gasteiger partial charge >= 0.3 is 0 Å². The molecular weight excluding hydrogens is 366 g/mol. The van der Waals surface area contributed by atoms with Gasteiger partial charge < -0.3 is 24.6 Å². The van der Waals surface area contributed by atoms with E-state index in [2.05, 4.69) is 48.6 Å². The van der Waals surface area contributed by atoms with E-state index in [0.717, 1.165) is 5.69 Å². The van der Waals surface area contributed by atoms with E-state index in [9.17, 15) is 4.79 Å². The van der Waals surface area contributed by atoms with Crippen LogP contribution in [0.3, 0.4) is 0 Å². The number of anilines is 1. The van der Waals surface area contributed by atoms with Gasteiger partial charge in [-0.3, -0.25) is 4.79 Å². The minimum absolute atomic E-state index is 0.120. The summed E-state index contributed by atoms with van der Waals surface area (Å²) in [6, 6.07) is 13.9. The Morgan fingerprint density at radius 2 is 1.62 bits per heavy atom. The lowest BCUT2D eigenvalue weighted by atomic mass is 10.0. The molecule has 0 fully saturated rings. The van der Waals surface area contributed by atoms with Crippen molar-refractivity contribution in [2.45, 2.75) is 19.9 Å². The fraction of sp³-hybridized carbons (Fsp3) is 0.435. The SMILES string of the molecule is CCOc1ccc(C(=O)NC[C@H](c2ccc(N(C)C)cc2)[NH+](C)C)cc1OCC. The number of hydrogen-bond acceptors (Lipinski definition) is 4. The van der Waals surface area contributed by atoms with Gasteiger partial charge in [0.2, 0.25) is 0 Å². The average Bonchev–Trinajstić information content (AvgIpc) is 2.69. The molecule has 0 spiro atoms. The molecule has 0 radical (unpaired) electrons. The zero-order valence-corrected chi connectivity index (χ0v) is 18.4. The quantitative estimate of drug-likeness (QED) is 0.642. The molecule has 2 rings (SSSR count). The van der Waals surface area contributed by atoms with Crippen LogP contribution in [-0.4, -0.2) is 53.9 Å². The second-order valence-electron chi connectivity index (χ2n) is 7.35. The first kappa shape index (κ1) is 22.6. The number of nitrogens with one attached hydrogen (secondary N) is 2. The number of ether oxygens (including phenoxy) is 2. The van der Waals surface area contributed by atoms with Crippen LogP contribution in [0.5, 0.6) is 11.5 Å². The molecule has 0 aliphatic heterocycles. The van der Waals surface area contributed by atoms with Gasteiger partial charge in [-0.15, -0.1) is 0 Å². The minimum atomic E-state index is -0.120. The highest BCUT2D eigenvalue weighted by molar-refractivity contribution is 5.94. The molecule has 6 heteroatoms. The molecule has 0 saturated heterocycles. The van der Waals surface area contributed by atoms with Gasteiger partial charge in [-0.25, -0.2) is 0 Å². The summed E-state index contributed by atoms with van der Waals surface area (Å²) >= 11 is 0. The van der Waals surface area contributed by atoms with E-state index in [1.165, 1.54) is 10.5 Å². The van der Waals surface area contributed by atoms with E-state index in [-0.39, 0.29) is 11.9 Å². The summed E-state index contributed by atoms with van der Waals surface area (Å²) in [5, 5.41) is 3.07. The Hall–Kier alpha value is -2.73. The number of hydrogen-bond donors (Lipinski definition) is 2. The van der Waals surface area contributed by atoms with Crippen molar-refractivity contribution in [1.82, 2.24) is 5.32 Å². The van der Waals surface area contributed by atoms with Crippen molar-refractivity contribution in [3.8, 4) is 11.5 Å². The lowest BCUT2D eigenvalue weighted by molar-refractivity contribution is -0.890. The zero-order chi connectivity index (χ0) is 21.4. The van der Waals surface area contributed by atoms with Gasteiger partial charge in [-0.05, 0) is 44.2 Å². The summed E-state index contributed by atoms with van der Waals surface area (Å²) in [5.41, 5.74) is 2.91. The molecule has 158 valence electrons. The fourth-order valence-electron chi connectivity index (χ4n) is 3.15. The predicted molar refractivity (Wildman–Crippen MR) is 117 cm³/mol. The van der Waals surface area contributed by atoms with E-state index in [4.69, 9.17) is 9.47 Å². The lowest BCUT2D eigenvalue weighted by Gasteiger charge is -2.23. The number of carbonyl (C=O) groups excluding carboxylic acids is 1. The summed E-state index contributed by atoms with van der Waals surface area (Å²) in [6.45, 7) is 5.44. The van der Waals surface area contributed by atoms with E-state index in [1.807, 2.05) is 27.9 Å². The third-order valence-corrected chi connectivity index (χ3v) is 4.78. The normalized spacial score (nSPS) is 11.8. The van der Waals surface area contributed by atoms with Gasteiger partial charge in [0.15, 0.2) is 11.5 Å². The molecule has 0 aliphatic rings. The number of nitrogens with zero attached hydrogens (tertiary/aromatic N) is 1. The van der Waals surface area contributed by atoms with Gasteiger partial charge in [0.25, 0.3) is 5.91 Å². The van der Waals surface area contributed by atoms with Crippen LogP contribution in [0, 0.1) is 0 Å². The Bertz CT molecular complexity index is 788. The first-order chi connectivity index (χ1) is 13.9. The first-order valence-electron chi connectivity index (χ1n) is 10.1. The number of amides is 1. The third kappa shape index (κ3) is 6.12. The monoisotopic (exact) mass is 400 g/mol. The van der Waals surface area contributed by atoms with Crippen molar-refractivity contribution in [3.05, 3.63) is 53.6 Å². The topological polar surface area (TPSA) is 55.2 Å². The fourth-order valence-corrected chi connectivity index (χ4v) is 3.15. The Kier molecular flexibility index (Phi) is 8.34. The number of quaternary nitrogens is 1. The highest BCUT2D eigenvalue weighted by Crippen LogP contribution is 2.28. The Morgan fingerprint density at radius 1 is 1.00 bits per heavy atom. The largest absolute Gasteiger partial charge is 0.490 e. The Morgan fingerprint density at radius 3 is 2.17 bits per heavy atom. The summed E-state index contributed by atoms with van der Waals surface area (Å²) in [6.07, 6.45) is 0. The maximum absolute atomic E-state index is 12.7. The highest BCUT2D eigenvalue weighted by Gasteiger charge is 2.20. The molecule has 0 aromatic heterocycles. The van der Waals surface area contributed by atoms with E-state index < -0.39 is 0 Å². The van der Waals surface area contributed by atoms with Gasteiger partial charge in [0.1, 0.15) is 6.04 Å². The predicted octanol–water partition coefficient (Wildman–Crippen LogP) is 2.17. The molecule has 0 unspecified atom stereocenters. The number of benzene rings is 2. The molecular formula is C23H34N3O3+. The van der Waals surface area contributed by atoms with Crippen LogP contribution in [-0.2, 0) is 0 Å². The molecule has 0 saturated carbocycles. The van der Waals surface area contributed by atoms with Crippen molar-refractivity contribution < 1.29 is 19.2 Å². The third-order valence-electron chi connectivity index (χ3n) is 4.78. The van der Waals surface area contributed by atoms with Crippen molar-refractivity contribution in [2.75, 3.05) is 52.8 Å². The van der Waals surface area contributed by atoms with Gasteiger partial charge in [0.05, 0.1) is 33.9 Å².